The highest BCUT2D eigenvalue weighted by Crippen LogP contribution is 2.46. The molecule has 1 aromatic carbocycles. The summed E-state index contributed by atoms with van der Waals surface area (Å²) in [6.45, 7) is 5.71. The first-order chi connectivity index (χ1) is 15.4. The van der Waals surface area contributed by atoms with Crippen molar-refractivity contribution >= 4 is 11.8 Å². The SMILES string of the molecule is Cn1ncc(F)c1-c1ccc(C2(NC(=O)[C@@H]3C[C@@H](O)CN3C(=O)[C@@H](N)C(C)(C)C)CC2)cc1. The third-order valence-electron chi connectivity index (χ3n) is 6.78. The molecule has 1 saturated heterocycles. The van der Waals surface area contributed by atoms with E-state index in [1.807, 2.05) is 45.0 Å². The molecule has 0 radical (unpaired) electrons. The van der Waals surface area contributed by atoms with Gasteiger partial charge in [0.25, 0.3) is 0 Å². The fourth-order valence-electron chi connectivity index (χ4n) is 4.47. The Morgan fingerprint density at radius 2 is 1.91 bits per heavy atom. The number of halogens is 1. The average molecular weight is 458 g/mol. The van der Waals surface area contributed by atoms with Crippen LogP contribution in [-0.2, 0) is 22.2 Å². The van der Waals surface area contributed by atoms with Crippen molar-refractivity contribution in [3.8, 4) is 11.3 Å². The van der Waals surface area contributed by atoms with Gasteiger partial charge in [-0.05, 0) is 23.8 Å². The number of aryl methyl sites for hydroxylation is 1. The molecule has 9 heteroatoms. The van der Waals surface area contributed by atoms with E-state index >= 15 is 0 Å². The molecule has 1 saturated carbocycles. The van der Waals surface area contributed by atoms with Crippen LogP contribution >= 0.6 is 0 Å². The number of aliphatic hydroxyl groups excluding tert-OH is 1. The minimum Gasteiger partial charge on any atom is -0.391 e. The van der Waals surface area contributed by atoms with Crippen LogP contribution in [0.5, 0.6) is 0 Å². The number of carbonyl (C=O) groups is 2. The van der Waals surface area contributed by atoms with Gasteiger partial charge in [0.2, 0.25) is 11.8 Å². The van der Waals surface area contributed by atoms with Crippen LogP contribution in [0.25, 0.3) is 11.3 Å². The van der Waals surface area contributed by atoms with E-state index in [9.17, 15) is 19.1 Å². The highest BCUT2D eigenvalue weighted by Gasteiger charge is 2.49. The Hall–Kier alpha value is -2.78. The second kappa shape index (κ2) is 8.22. The Balaban J connectivity index is 1.50. The molecule has 3 atom stereocenters. The second-order valence-electron chi connectivity index (χ2n) is 10.4. The Morgan fingerprint density at radius 3 is 2.42 bits per heavy atom. The summed E-state index contributed by atoms with van der Waals surface area (Å²) < 4.78 is 15.5. The molecule has 1 aromatic heterocycles. The quantitative estimate of drug-likeness (QED) is 0.632. The van der Waals surface area contributed by atoms with Crippen LogP contribution in [-0.4, -0.2) is 56.3 Å². The summed E-state index contributed by atoms with van der Waals surface area (Å²) in [4.78, 5) is 27.6. The van der Waals surface area contributed by atoms with Crippen LogP contribution < -0.4 is 11.1 Å². The first-order valence-electron chi connectivity index (χ1n) is 11.3. The van der Waals surface area contributed by atoms with Crippen LogP contribution in [0.15, 0.2) is 30.5 Å². The number of carbonyl (C=O) groups excluding carboxylic acids is 2. The molecule has 4 rings (SSSR count). The number of rotatable bonds is 5. The van der Waals surface area contributed by atoms with Gasteiger partial charge in [0.1, 0.15) is 11.7 Å². The third kappa shape index (κ3) is 4.39. The molecular weight excluding hydrogens is 425 g/mol. The summed E-state index contributed by atoms with van der Waals surface area (Å²) in [6, 6.07) is 5.88. The number of likely N-dealkylation sites (tertiary alicyclic amines) is 1. The van der Waals surface area contributed by atoms with Gasteiger partial charge in [0, 0.05) is 25.6 Å². The highest BCUT2D eigenvalue weighted by atomic mass is 19.1. The number of β-amino-alcohol motifs (C(OH)–C–C–N with tert-alkyl or cyclic N) is 1. The molecule has 0 bridgehead atoms. The zero-order chi connectivity index (χ0) is 24.1. The number of nitrogens with two attached hydrogens (primary N) is 1. The lowest BCUT2D eigenvalue weighted by molar-refractivity contribution is -0.141. The Bertz CT molecular complexity index is 1040. The number of aromatic nitrogens is 2. The Morgan fingerprint density at radius 1 is 1.27 bits per heavy atom. The summed E-state index contributed by atoms with van der Waals surface area (Å²) in [5, 5.41) is 17.2. The Labute approximate surface area is 192 Å². The van der Waals surface area contributed by atoms with Gasteiger partial charge in [-0.3, -0.25) is 14.3 Å². The number of nitrogens with zero attached hydrogens (tertiary/aromatic N) is 3. The maximum atomic E-state index is 14.0. The van der Waals surface area contributed by atoms with Gasteiger partial charge in [-0.25, -0.2) is 4.39 Å². The van der Waals surface area contributed by atoms with Gasteiger partial charge < -0.3 is 21.1 Å². The van der Waals surface area contributed by atoms with E-state index in [-0.39, 0.29) is 24.8 Å². The van der Waals surface area contributed by atoms with Crippen LogP contribution in [0.1, 0.15) is 45.6 Å². The van der Waals surface area contributed by atoms with Gasteiger partial charge >= 0.3 is 0 Å². The summed E-state index contributed by atoms with van der Waals surface area (Å²) in [6.07, 6.45) is 2.13. The molecule has 33 heavy (non-hydrogen) atoms. The van der Waals surface area contributed by atoms with E-state index in [1.165, 1.54) is 15.8 Å². The van der Waals surface area contributed by atoms with Crippen molar-refractivity contribution in [3.63, 3.8) is 0 Å². The first-order valence-corrected chi connectivity index (χ1v) is 11.3. The lowest BCUT2D eigenvalue weighted by Crippen LogP contribution is -2.55. The molecule has 1 aliphatic carbocycles. The number of aliphatic hydroxyl groups is 1. The number of nitrogens with one attached hydrogen (secondary N) is 1. The van der Waals surface area contributed by atoms with Crippen LogP contribution in [0, 0.1) is 11.2 Å². The highest BCUT2D eigenvalue weighted by molar-refractivity contribution is 5.91. The van der Waals surface area contributed by atoms with Crippen molar-refractivity contribution < 1.29 is 19.1 Å². The van der Waals surface area contributed by atoms with E-state index in [0.29, 0.717) is 11.3 Å². The van der Waals surface area contributed by atoms with Crippen LogP contribution in [0.3, 0.4) is 0 Å². The maximum Gasteiger partial charge on any atom is 0.243 e. The standard InChI is InChI=1S/C24H32FN5O3/c1-23(2,3)20(26)22(33)30-13-16(31)11-18(30)21(32)28-24(9-10-24)15-7-5-14(6-8-15)19-17(25)12-27-29(19)4/h5-8,12,16,18,20,31H,9-11,13,26H2,1-4H3,(H,28,32)/t16-,18+,20-/m1/s1. The molecule has 0 spiro atoms. The van der Waals surface area contributed by atoms with Crippen molar-refractivity contribution in [3.05, 3.63) is 41.8 Å². The monoisotopic (exact) mass is 457 g/mol. The van der Waals surface area contributed by atoms with Gasteiger partial charge in [-0.15, -0.1) is 0 Å². The molecule has 0 unspecified atom stereocenters. The van der Waals surface area contributed by atoms with E-state index in [1.54, 1.807) is 7.05 Å². The molecule has 2 heterocycles. The van der Waals surface area contributed by atoms with Gasteiger partial charge in [0.15, 0.2) is 5.82 Å². The largest absolute Gasteiger partial charge is 0.391 e. The maximum absolute atomic E-state index is 14.0. The summed E-state index contributed by atoms with van der Waals surface area (Å²) in [7, 11) is 1.68. The number of amides is 2. The number of hydrogen-bond donors (Lipinski definition) is 3. The van der Waals surface area contributed by atoms with Gasteiger partial charge in [0.05, 0.1) is 23.9 Å². The minimum absolute atomic E-state index is 0.0959. The van der Waals surface area contributed by atoms with Crippen LogP contribution in [0.4, 0.5) is 4.39 Å². The predicted octanol–water partition coefficient (Wildman–Crippen LogP) is 1.67. The Kier molecular flexibility index (Phi) is 5.82. The zero-order valence-electron chi connectivity index (χ0n) is 19.5. The number of benzene rings is 1. The zero-order valence-corrected chi connectivity index (χ0v) is 19.5. The van der Waals surface area contributed by atoms with Crippen molar-refractivity contribution in [2.75, 3.05) is 6.54 Å². The van der Waals surface area contributed by atoms with Gasteiger partial charge in [-0.1, -0.05) is 45.0 Å². The second-order valence-corrected chi connectivity index (χ2v) is 10.4. The minimum atomic E-state index is -0.770. The topological polar surface area (TPSA) is 113 Å². The summed E-state index contributed by atoms with van der Waals surface area (Å²) in [5.74, 6) is -1.01. The molecular formula is C24H32FN5O3. The molecule has 4 N–H and O–H groups in total. The lowest BCUT2D eigenvalue weighted by Gasteiger charge is -2.33. The van der Waals surface area contributed by atoms with E-state index in [0.717, 1.165) is 18.4 Å². The summed E-state index contributed by atoms with van der Waals surface area (Å²) in [5.41, 5.74) is 7.20. The van der Waals surface area contributed by atoms with Gasteiger partial charge in [-0.2, -0.15) is 5.10 Å². The smallest absolute Gasteiger partial charge is 0.243 e. The molecule has 2 aliphatic rings. The molecule has 1 aliphatic heterocycles. The van der Waals surface area contributed by atoms with E-state index < -0.39 is 35.0 Å². The molecule has 2 fully saturated rings. The van der Waals surface area contributed by atoms with Crippen molar-refractivity contribution in [2.24, 2.45) is 18.2 Å². The summed E-state index contributed by atoms with van der Waals surface area (Å²) >= 11 is 0. The molecule has 2 aromatic rings. The first kappa shape index (κ1) is 23.4. The fourth-order valence-corrected chi connectivity index (χ4v) is 4.47. The molecule has 178 valence electrons. The van der Waals surface area contributed by atoms with E-state index in [2.05, 4.69) is 10.4 Å². The number of hydrogen-bond acceptors (Lipinski definition) is 5. The molecule has 8 nitrogen and oxygen atoms in total. The fraction of sp³-hybridized carbons (Fsp3) is 0.542. The normalized spacial score (nSPS) is 22.8. The average Bonchev–Trinajstić information content (AvgIpc) is 3.30. The van der Waals surface area contributed by atoms with Crippen molar-refractivity contribution in [1.29, 1.82) is 0 Å². The third-order valence-corrected chi connectivity index (χ3v) is 6.78. The van der Waals surface area contributed by atoms with Crippen LogP contribution in [0.2, 0.25) is 0 Å². The molecule has 2 amide bonds. The van der Waals surface area contributed by atoms with Crippen molar-refractivity contribution in [2.45, 2.75) is 63.8 Å². The van der Waals surface area contributed by atoms with E-state index in [4.69, 9.17) is 5.73 Å². The predicted molar refractivity (Wildman–Crippen MR) is 121 cm³/mol. The van der Waals surface area contributed by atoms with Crippen molar-refractivity contribution in [1.82, 2.24) is 20.0 Å². The lowest BCUT2D eigenvalue weighted by atomic mass is 9.86.